The molecule has 0 spiro atoms. The van der Waals surface area contributed by atoms with Crippen molar-refractivity contribution in [3.8, 4) is 0 Å². The Bertz CT molecular complexity index is 711. The summed E-state index contributed by atoms with van der Waals surface area (Å²) in [5.41, 5.74) is 2.79. The highest BCUT2D eigenvalue weighted by Gasteiger charge is 2.46. The van der Waals surface area contributed by atoms with Crippen LogP contribution in [0, 0.1) is 16.0 Å². The molecule has 0 aliphatic carbocycles. The zero-order chi connectivity index (χ0) is 19.3. The van der Waals surface area contributed by atoms with Gasteiger partial charge in [-0.3, -0.25) is 29.3 Å². The molecule has 1 fully saturated rings. The van der Waals surface area contributed by atoms with Gasteiger partial charge in [-0.15, -0.1) is 11.8 Å². The number of nitro groups is 1. The maximum Gasteiger partial charge on any atom is 0.269 e. The fourth-order valence-electron chi connectivity index (χ4n) is 2.23. The van der Waals surface area contributed by atoms with E-state index >= 15 is 0 Å². The number of rotatable bonds is 8. The van der Waals surface area contributed by atoms with Gasteiger partial charge in [-0.05, 0) is 24.6 Å². The second-order valence-electron chi connectivity index (χ2n) is 5.56. The molecule has 1 aliphatic heterocycles. The normalized spacial score (nSPS) is 19.7. The first-order valence-electron chi connectivity index (χ1n) is 7.66. The minimum Gasteiger partial charge on any atom is -0.345 e. The number of benzene rings is 1. The quantitative estimate of drug-likeness (QED) is 0.195. The fraction of sp³-hybridized carbons (Fsp3) is 0.400. The number of carbonyl (C=O) groups is 3. The molecule has 1 unspecified atom stereocenters. The van der Waals surface area contributed by atoms with Crippen LogP contribution in [0.5, 0.6) is 0 Å². The number of hydrogen-bond donors (Lipinski definition) is 3. The van der Waals surface area contributed by atoms with Gasteiger partial charge in [0.2, 0.25) is 11.8 Å². The summed E-state index contributed by atoms with van der Waals surface area (Å²) < 4.78 is 0. The lowest BCUT2D eigenvalue weighted by molar-refractivity contribution is -0.384. The van der Waals surface area contributed by atoms with E-state index in [4.69, 9.17) is 4.84 Å². The van der Waals surface area contributed by atoms with E-state index in [1.54, 1.807) is 6.92 Å². The summed E-state index contributed by atoms with van der Waals surface area (Å²) in [6, 6.07) is 5.67. The Labute approximate surface area is 153 Å². The van der Waals surface area contributed by atoms with Crippen LogP contribution in [0.2, 0.25) is 0 Å². The second kappa shape index (κ2) is 8.63. The molecule has 0 radical (unpaired) electrons. The van der Waals surface area contributed by atoms with Crippen molar-refractivity contribution in [2.45, 2.75) is 31.2 Å². The van der Waals surface area contributed by atoms with Crippen molar-refractivity contribution in [1.29, 1.82) is 0 Å². The zero-order valence-electron chi connectivity index (χ0n) is 14.1. The first-order valence-corrected chi connectivity index (χ1v) is 8.60. The molecule has 3 N–H and O–H groups in total. The number of nitro benzene ring substituents is 1. The summed E-state index contributed by atoms with van der Waals surface area (Å²) in [7, 11) is 0. The molecule has 0 saturated carbocycles. The number of amides is 3. The summed E-state index contributed by atoms with van der Waals surface area (Å²) in [5, 5.41) is 15.1. The first kappa shape index (κ1) is 19.7. The number of nitrogens with one attached hydrogen (secondary N) is 3. The number of hydrogen-bond acceptors (Lipinski definition) is 7. The van der Waals surface area contributed by atoms with E-state index in [0.29, 0.717) is 5.56 Å². The number of carbonyl (C=O) groups excluding carboxylic acids is 3. The summed E-state index contributed by atoms with van der Waals surface area (Å²) in [5.74, 6) is -2.15. The Morgan fingerprint density at radius 1 is 1.38 bits per heavy atom. The van der Waals surface area contributed by atoms with Gasteiger partial charge >= 0.3 is 0 Å². The number of thioether (sulfide) groups is 1. The van der Waals surface area contributed by atoms with Gasteiger partial charge in [0.1, 0.15) is 5.92 Å². The molecule has 26 heavy (non-hydrogen) atoms. The van der Waals surface area contributed by atoms with Crippen LogP contribution in [0.3, 0.4) is 0 Å². The van der Waals surface area contributed by atoms with Gasteiger partial charge in [0.15, 0.2) is 0 Å². The van der Waals surface area contributed by atoms with Crippen molar-refractivity contribution >= 4 is 35.2 Å². The minimum atomic E-state index is -0.923. The maximum atomic E-state index is 12.1. The molecule has 1 aromatic rings. The van der Waals surface area contributed by atoms with Crippen molar-refractivity contribution in [3.63, 3.8) is 0 Å². The maximum absolute atomic E-state index is 12.1. The predicted molar refractivity (Wildman–Crippen MR) is 92.3 cm³/mol. The Hall–Kier alpha value is -2.66. The fourth-order valence-corrected chi connectivity index (χ4v) is 3.49. The molecule has 2 rings (SSSR count). The molecule has 1 aliphatic rings. The number of non-ortho nitro benzene ring substituents is 1. The Balaban J connectivity index is 1.79. The topological polar surface area (TPSA) is 140 Å². The number of hydroxylamine groups is 1. The highest BCUT2D eigenvalue weighted by atomic mass is 32.2. The highest BCUT2D eigenvalue weighted by molar-refractivity contribution is 8.00. The summed E-state index contributed by atoms with van der Waals surface area (Å²) >= 11 is 1.24. The van der Waals surface area contributed by atoms with E-state index in [0.717, 1.165) is 0 Å². The Kier molecular flexibility index (Phi) is 6.52. The Morgan fingerprint density at radius 2 is 2.04 bits per heavy atom. The summed E-state index contributed by atoms with van der Waals surface area (Å²) in [6.45, 7) is 3.13. The lowest BCUT2D eigenvalue weighted by atomic mass is 10.0. The van der Waals surface area contributed by atoms with Crippen molar-refractivity contribution < 1.29 is 24.1 Å². The van der Waals surface area contributed by atoms with Gasteiger partial charge in [-0.1, -0.05) is 0 Å². The molecule has 0 aromatic heterocycles. The molecule has 140 valence electrons. The predicted octanol–water partition coefficient (Wildman–Crippen LogP) is 0.430. The van der Waals surface area contributed by atoms with Crippen molar-refractivity contribution in [1.82, 2.24) is 16.1 Å². The molecule has 0 bridgehead atoms. The van der Waals surface area contributed by atoms with Gasteiger partial charge < -0.3 is 10.6 Å². The standard InChI is InChI=1S/C15H18N4O6S/c1-8(20)16-9(2)26-15-12(13(21)17-15)14(22)18-25-7-10-3-5-11(6-4-10)19(23)24/h3-6,9,12,15H,7H2,1-2H3,(H,16,20)(H,17,21)(H,18,22)/t9?,12-,15+/m1/s1. The molecule has 10 nitrogen and oxygen atoms in total. The molecule has 1 heterocycles. The first-order chi connectivity index (χ1) is 12.3. The van der Waals surface area contributed by atoms with Crippen LogP contribution in [0.15, 0.2) is 24.3 Å². The van der Waals surface area contributed by atoms with Crippen LogP contribution in [0.25, 0.3) is 0 Å². The van der Waals surface area contributed by atoms with Crippen LogP contribution in [-0.2, 0) is 25.8 Å². The van der Waals surface area contributed by atoms with Gasteiger partial charge in [0.25, 0.3) is 11.6 Å². The molecule has 1 saturated heterocycles. The van der Waals surface area contributed by atoms with Gasteiger partial charge in [0.05, 0.1) is 22.3 Å². The van der Waals surface area contributed by atoms with E-state index in [-0.39, 0.29) is 23.6 Å². The van der Waals surface area contributed by atoms with E-state index in [1.165, 1.54) is 43.0 Å². The summed E-state index contributed by atoms with van der Waals surface area (Å²) in [4.78, 5) is 49.9. The van der Waals surface area contributed by atoms with E-state index in [2.05, 4.69) is 16.1 Å². The monoisotopic (exact) mass is 382 g/mol. The number of nitrogens with zero attached hydrogens (tertiary/aromatic N) is 1. The third-order valence-corrected chi connectivity index (χ3v) is 4.68. The molecule has 3 atom stereocenters. The van der Waals surface area contributed by atoms with Crippen LogP contribution < -0.4 is 16.1 Å². The molecule has 11 heteroatoms. The molecule has 1 aromatic carbocycles. The third kappa shape index (κ3) is 5.17. The van der Waals surface area contributed by atoms with Gasteiger partial charge in [-0.25, -0.2) is 5.48 Å². The van der Waals surface area contributed by atoms with E-state index in [9.17, 15) is 24.5 Å². The van der Waals surface area contributed by atoms with E-state index < -0.39 is 28.0 Å². The van der Waals surface area contributed by atoms with Crippen LogP contribution in [0.1, 0.15) is 19.4 Å². The molecular formula is C15H18N4O6S. The average Bonchev–Trinajstić information content (AvgIpc) is 2.53. The van der Waals surface area contributed by atoms with Crippen LogP contribution in [0.4, 0.5) is 5.69 Å². The molecular weight excluding hydrogens is 364 g/mol. The van der Waals surface area contributed by atoms with Crippen molar-refractivity contribution in [2.24, 2.45) is 5.92 Å². The Morgan fingerprint density at radius 3 is 2.58 bits per heavy atom. The van der Waals surface area contributed by atoms with Crippen LogP contribution in [-0.4, -0.2) is 33.4 Å². The van der Waals surface area contributed by atoms with Crippen LogP contribution >= 0.6 is 11.8 Å². The lowest BCUT2D eigenvalue weighted by Gasteiger charge is -2.36. The second-order valence-corrected chi connectivity index (χ2v) is 7.05. The van der Waals surface area contributed by atoms with Gasteiger partial charge in [0, 0.05) is 19.1 Å². The largest absolute Gasteiger partial charge is 0.345 e. The van der Waals surface area contributed by atoms with Crippen molar-refractivity contribution in [3.05, 3.63) is 39.9 Å². The van der Waals surface area contributed by atoms with Crippen molar-refractivity contribution in [2.75, 3.05) is 0 Å². The molecule has 3 amide bonds. The SMILES string of the molecule is CC(=O)NC(C)S[C@@H]1NC(=O)[C@@H]1C(=O)NOCc1ccc([N+](=O)[O-])cc1. The lowest BCUT2D eigenvalue weighted by Crippen LogP contribution is -2.62. The summed E-state index contributed by atoms with van der Waals surface area (Å²) in [6.07, 6.45) is 0. The zero-order valence-corrected chi connectivity index (χ0v) is 14.9. The van der Waals surface area contributed by atoms with E-state index in [1.807, 2.05) is 0 Å². The highest BCUT2D eigenvalue weighted by Crippen LogP contribution is 2.28. The minimum absolute atomic E-state index is 0.00181. The van der Waals surface area contributed by atoms with Gasteiger partial charge in [-0.2, -0.15) is 0 Å². The third-order valence-electron chi connectivity index (χ3n) is 3.47. The smallest absolute Gasteiger partial charge is 0.269 e. The average molecular weight is 382 g/mol. The number of β-lactam (4-membered cyclic amide) rings is 1.